The second-order valence-electron chi connectivity index (χ2n) is 34.4. The van der Waals surface area contributed by atoms with Gasteiger partial charge in [-0.25, -0.2) is 0 Å². The number of primary amides is 1. The molecule has 1 aliphatic heterocycles. The fourth-order valence-corrected chi connectivity index (χ4v) is 14.6. The van der Waals surface area contributed by atoms with Crippen molar-refractivity contribution in [1.82, 2.24) is 106 Å². The minimum absolute atomic E-state index is 0.0128. The number of hydrogen-bond donors (Lipinski definition) is 28. The number of carbonyl (C=O) groups is 24. The number of fused-ring (bicyclic) bond motifs is 1. The van der Waals surface area contributed by atoms with Crippen LogP contribution in [-0.2, 0) is 121 Å². The molecule has 33 N–H and O–H groups in total. The number of nitrogens with one attached hydrogen (secondary N) is 19. The Hall–Kier alpha value is -13.8. The summed E-state index contributed by atoms with van der Waals surface area (Å²) in [6, 6.07) is -18.6. The van der Waals surface area contributed by atoms with E-state index in [1.807, 2.05) is 0 Å². The number of carboxylic acid groups (broad SMARTS) is 4. The number of para-hydroxylation sites is 1. The monoisotopic (exact) mass is 2010 g/mol. The Morgan fingerprint density at radius 1 is 0.397 bits per heavy atom. The highest BCUT2D eigenvalue weighted by Gasteiger charge is 2.43. The summed E-state index contributed by atoms with van der Waals surface area (Å²) in [5.41, 5.74) is 29.3. The highest BCUT2D eigenvalue weighted by atomic mass is 32.2. The zero-order valence-electron chi connectivity index (χ0n) is 80.4. The van der Waals surface area contributed by atoms with Crippen LogP contribution in [0.4, 0.5) is 0 Å². The van der Waals surface area contributed by atoms with Crippen LogP contribution in [0.25, 0.3) is 10.9 Å². The van der Waals surface area contributed by atoms with Crippen molar-refractivity contribution in [3.05, 3.63) is 36.0 Å². The summed E-state index contributed by atoms with van der Waals surface area (Å²) in [6.07, 6.45) is 1.30. The molecule has 0 unspecified atom stereocenters. The molecule has 0 bridgehead atoms. The van der Waals surface area contributed by atoms with Crippen molar-refractivity contribution >= 4 is 165 Å². The van der Waals surface area contributed by atoms with Gasteiger partial charge in [-0.1, -0.05) is 38.5 Å². The largest absolute Gasteiger partial charge is 0.481 e. The van der Waals surface area contributed by atoms with Crippen LogP contribution in [0.15, 0.2) is 30.5 Å². The van der Waals surface area contributed by atoms with E-state index in [0.717, 1.165) is 18.7 Å². The molecular weight excluding hydrogens is 1880 g/mol. The Balaban J connectivity index is 1.77. The predicted molar refractivity (Wildman–Crippen MR) is 505 cm³/mol. The minimum Gasteiger partial charge on any atom is -0.481 e. The molecule has 0 aliphatic carbocycles. The van der Waals surface area contributed by atoms with Crippen LogP contribution in [0.2, 0.25) is 0 Å². The normalized spacial score (nSPS) is 15.6. The lowest BCUT2D eigenvalue weighted by atomic mass is 10.0. The lowest BCUT2D eigenvalue weighted by molar-refractivity contribution is -0.146. The van der Waals surface area contributed by atoms with Gasteiger partial charge < -0.3 is 155 Å². The maximum atomic E-state index is 14.6. The molecule has 1 saturated heterocycles. The first-order chi connectivity index (χ1) is 66.4. The number of nitrogens with two attached hydrogens (primary N) is 5. The molecule has 1 aromatic heterocycles. The standard InChI is InChI=1S/C87H139N25O28S/c1-43(2)35-59(110-86(139)63-24-18-33-112(63)87(140)62(38-69(120)121)111-76(129)48(7)99-71(124)44(3)97-72(125)45(4)101-81(134)55(23-14-17-32-90)105-75(128)49(8)100-77(130)52(91)20-12-15-30-88)84(137)109-61(37-64(92)113)85(138)108-60(36-50-39-93-53-21-11-10-19-51(50)53)80(133)95-41-65(114)103-57(26-28-68(118)119)82(135)102-46(5)73(126)98-47(6)74(127)106-56(25-27-67(116)117)79(132)94-40-66(115)104-58(29-34-141-9)83(136)107-54(22-13-16-31-89)78(131)96-42-70(122)123/h10-11,19,21,39,43-49,52,54-63,93H,12-18,20,22-38,40-42,88-91H2,1-9H3,(H2,92,113)(H,94,132)(H,95,133)(H,96,131)(H,97,125)(H,98,126)(H,99,124)(H,100,130)(H,101,134)(H,102,135)(H,103,114)(H,104,115)(H,105,128)(H,106,127)(H,107,136)(H,108,138)(H,109,137)(H,110,139)(H,111,129)(H,116,117)(H,118,119)(H,120,121)(H,122,123)/t44-,45-,46-,47-,48-,49-,52-,54-,55-,56-,57-,58-,59-,60-,61-,62-,63-/m0/s1. The number of nitrogens with zero attached hydrogens (tertiary/aromatic N) is 1. The highest BCUT2D eigenvalue weighted by molar-refractivity contribution is 7.98. The number of H-pyrrole nitrogens is 1. The third-order valence-electron chi connectivity index (χ3n) is 22.0. The van der Waals surface area contributed by atoms with Gasteiger partial charge in [-0.05, 0) is 181 Å². The highest BCUT2D eigenvalue weighted by Crippen LogP contribution is 2.23. The minimum atomic E-state index is -1.93. The number of thioether (sulfide) groups is 1. The molecular formula is C87H139N25O28S. The number of carbonyl (C=O) groups excluding carboxylic acids is 20. The zero-order chi connectivity index (χ0) is 106. The van der Waals surface area contributed by atoms with Gasteiger partial charge in [-0.3, -0.25) is 115 Å². The Kier molecular flexibility index (Phi) is 54.3. The maximum absolute atomic E-state index is 14.6. The zero-order valence-corrected chi connectivity index (χ0v) is 81.2. The second-order valence-corrected chi connectivity index (χ2v) is 35.3. The molecule has 0 spiro atoms. The molecule has 2 aromatic rings. The lowest BCUT2D eigenvalue weighted by Gasteiger charge is -2.30. The summed E-state index contributed by atoms with van der Waals surface area (Å²) in [4.78, 5) is 325. The van der Waals surface area contributed by atoms with E-state index in [1.54, 1.807) is 44.4 Å². The third kappa shape index (κ3) is 44.9. The molecule has 1 fully saturated rings. The van der Waals surface area contributed by atoms with Gasteiger partial charge in [0.15, 0.2) is 0 Å². The molecule has 54 heteroatoms. The lowest BCUT2D eigenvalue weighted by Crippen LogP contribution is -2.60. The number of rotatable bonds is 67. The maximum Gasteiger partial charge on any atom is 0.322 e. The number of carboxylic acids is 4. The van der Waals surface area contributed by atoms with Crippen molar-refractivity contribution in [2.24, 2.45) is 34.6 Å². The average molecular weight is 2020 g/mol. The van der Waals surface area contributed by atoms with Gasteiger partial charge in [0.25, 0.3) is 0 Å². The van der Waals surface area contributed by atoms with E-state index in [2.05, 4.69) is 101 Å². The van der Waals surface area contributed by atoms with E-state index < -0.39 is 309 Å². The van der Waals surface area contributed by atoms with Gasteiger partial charge in [0.2, 0.25) is 118 Å². The van der Waals surface area contributed by atoms with Crippen LogP contribution in [0.1, 0.15) is 183 Å². The van der Waals surface area contributed by atoms with E-state index >= 15 is 0 Å². The molecule has 0 radical (unpaired) electrons. The van der Waals surface area contributed by atoms with Crippen molar-refractivity contribution < 1.29 is 135 Å². The molecule has 2 heterocycles. The SMILES string of the molecule is CSCC[C@H](NC(=O)CNC(=O)[C@H](CCC(=O)O)NC(=O)[C@H](C)NC(=O)[C@H](C)NC(=O)[C@H](CCC(=O)O)NC(=O)CNC(=O)[C@H](Cc1c[nH]c2ccccc12)NC(=O)[C@H](CC(N)=O)NC(=O)[C@H](CC(C)C)NC(=O)[C@@H]1CCCN1C(=O)[C@H](CC(=O)O)NC(=O)[C@H](C)NC(=O)[C@H](C)NC(=O)[C@H](C)NC(=O)[C@H](CCCCN)NC(=O)[C@H](C)NC(=O)[C@@H](N)CCCCN)C(=O)N[C@@H](CCCCN)C(=O)NCC(=O)O. The predicted octanol–water partition coefficient (Wildman–Crippen LogP) is -8.88. The van der Waals surface area contributed by atoms with Gasteiger partial charge in [0.1, 0.15) is 103 Å². The van der Waals surface area contributed by atoms with Gasteiger partial charge in [-0.15, -0.1) is 0 Å². The van der Waals surface area contributed by atoms with E-state index in [4.69, 9.17) is 33.8 Å². The van der Waals surface area contributed by atoms with Crippen molar-refractivity contribution in [3.63, 3.8) is 0 Å². The summed E-state index contributed by atoms with van der Waals surface area (Å²) >= 11 is 1.30. The van der Waals surface area contributed by atoms with E-state index in [1.165, 1.54) is 45.7 Å². The van der Waals surface area contributed by atoms with Crippen molar-refractivity contribution in [2.75, 3.05) is 57.8 Å². The van der Waals surface area contributed by atoms with E-state index in [9.17, 15) is 130 Å². The topological polar surface area (TPSA) is 856 Å². The summed E-state index contributed by atoms with van der Waals surface area (Å²) < 4.78 is 0. The van der Waals surface area contributed by atoms with Crippen LogP contribution in [0.3, 0.4) is 0 Å². The summed E-state index contributed by atoms with van der Waals surface area (Å²) in [5, 5.41) is 81.7. The Bertz CT molecular complexity index is 4700. The quantitative estimate of drug-likeness (QED) is 0.0274. The number of unbranched alkanes of at least 4 members (excludes halogenated alkanes) is 3. The Morgan fingerprint density at radius 3 is 1.23 bits per heavy atom. The van der Waals surface area contributed by atoms with Gasteiger partial charge in [0.05, 0.1) is 32.0 Å². The fourth-order valence-electron chi connectivity index (χ4n) is 14.2. The van der Waals surface area contributed by atoms with Crippen molar-refractivity contribution in [3.8, 4) is 0 Å². The van der Waals surface area contributed by atoms with Crippen LogP contribution in [-0.4, -0.2) is 333 Å². The molecule has 53 nitrogen and oxygen atoms in total. The number of aromatic amines is 1. The number of aliphatic carboxylic acids is 4. The summed E-state index contributed by atoms with van der Waals surface area (Å²) in [7, 11) is 0. The summed E-state index contributed by atoms with van der Waals surface area (Å²) in [5.74, 6) is -25.9. The number of likely N-dealkylation sites (tertiary alicyclic amines) is 1. The van der Waals surface area contributed by atoms with E-state index in [0.29, 0.717) is 73.7 Å². The van der Waals surface area contributed by atoms with Gasteiger partial charge in [-0.2, -0.15) is 11.8 Å². The van der Waals surface area contributed by atoms with Gasteiger partial charge >= 0.3 is 23.9 Å². The molecule has 20 amide bonds. The second kappa shape index (κ2) is 63.0. The number of benzene rings is 1. The fraction of sp³-hybridized carbons (Fsp3) is 0.632. The summed E-state index contributed by atoms with van der Waals surface area (Å²) in [6.45, 7) is 8.74. The van der Waals surface area contributed by atoms with Crippen LogP contribution in [0.5, 0.6) is 0 Å². The first-order valence-corrected chi connectivity index (χ1v) is 47.6. The molecule has 786 valence electrons. The smallest absolute Gasteiger partial charge is 0.322 e. The van der Waals surface area contributed by atoms with Crippen LogP contribution in [0, 0.1) is 5.92 Å². The Labute approximate surface area is 817 Å². The molecule has 0 saturated carbocycles. The number of amides is 20. The number of aromatic nitrogens is 1. The van der Waals surface area contributed by atoms with Crippen LogP contribution < -0.4 is 124 Å². The molecule has 141 heavy (non-hydrogen) atoms. The third-order valence-corrected chi connectivity index (χ3v) is 22.7. The molecule has 3 rings (SSSR count). The molecule has 1 aromatic carbocycles. The molecule has 1 aliphatic rings. The Morgan fingerprint density at radius 2 is 0.773 bits per heavy atom. The molecule has 17 atom stereocenters. The number of hydrogen-bond acceptors (Lipinski definition) is 29. The average Bonchev–Trinajstić information content (AvgIpc) is 1.69. The van der Waals surface area contributed by atoms with Crippen molar-refractivity contribution in [1.29, 1.82) is 0 Å². The van der Waals surface area contributed by atoms with Crippen molar-refractivity contribution in [2.45, 2.75) is 287 Å². The van der Waals surface area contributed by atoms with Gasteiger partial charge in [0, 0.05) is 42.9 Å². The first kappa shape index (κ1) is 121. The first-order valence-electron chi connectivity index (χ1n) is 46.2. The van der Waals surface area contributed by atoms with Crippen LogP contribution >= 0.6 is 11.8 Å². The van der Waals surface area contributed by atoms with E-state index in [-0.39, 0.29) is 64.6 Å².